The lowest BCUT2D eigenvalue weighted by Gasteiger charge is -1.93. The second kappa shape index (κ2) is 16.2. The number of aliphatic hydroxyl groups is 2. The van der Waals surface area contributed by atoms with Gasteiger partial charge in [-0.15, -0.1) is 0 Å². The van der Waals surface area contributed by atoms with E-state index in [-0.39, 0.29) is 20.0 Å². The molecule has 0 heterocycles. The average molecular weight is 166 g/mol. The van der Waals surface area contributed by atoms with Crippen molar-refractivity contribution in [2.75, 3.05) is 20.8 Å². The maximum atomic E-state index is 10.2. The van der Waals surface area contributed by atoms with Crippen LogP contribution in [0.5, 0.6) is 0 Å². The van der Waals surface area contributed by atoms with Gasteiger partial charge < -0.3 is 14.9 Å². The maximum absolute atomic E-state index is 10.2. The van der Waals surface area contributed by atoms with Gasteiger partial charge in [0.15, 0.2) is 0 Å². The molecule has 2 N–H and O–H groups in total. The minimum Gasteiger partial charge on any atom is -0.469 e. The number of rotatable bonds is 3. The molecule has 0 spiro atoms. The Kier molecular flexibility index (Phi) is 24.7. The summed E-state index contributed by atoms with van der Waals surface area (Å²) < 4.78 is 4.30. The first-order valence-corrected chi connectivity index (χ1v) is 2.93. The van der Waals surface area contributed by atoms with Crippen molar-refractivity contribution in [1.82, 2.24) is 0 Å². The molecule has 0 atom stereocenters. The fourth-order valence-electron chi connectivity index (χ4n) is 0.325. The van der Waals surface area contributed by atoms with E-state index in [1.165, 1.54) is 7.11 Å². The molecule has 0 aromatic rings. The molecule has 0 aromatic carbocycles. The summed E-state index contributed by atoms with van der Waals surface area (Å²) in [6.07, 6.45) is 0.805. The van der Waals surface area contributed by atoms with Crippen molar-refractivity contribution in [3.8, 4) is 0 Å². The minimum absolute atomic E-state index is 0. The summed E-state index contributed by atoms with van der Waals surface area (Å²) in [4.78, 5) is 10.2. The van der Waals surface area contributed by atoms with E-state index in [1.54, 1.807) is 0 Å². The van der Waals surface area contributed by atoms with Gasteiger partial charge in [-0.3, -0.25) is 4.79 Å². The van der Waals surface area contributed by atoms with Gasteiger partial charge in [-0.2, -0.15) is 0 Å². The third-order valence-electron chi connectivity index (χ3n) is 0.767. The van der Waals surface area contributed by atoms with Crippen LogP contribution in [0.1, 0.15) is 20.3 Å². The highest BCUT2D eigenvalue weighted by atomic mass is 16.5. The molecule has 0 amide bonds. The predicted molar refractivity (Wildman–Crippen MR) is 43.2 cm³/mol. The van der Waals surface area contributed by atoms with Gasteiger partial charge in [-0.05, 0) is 6.42 Å². The lowest BCUT2D eigenvalue weighted by atomic mass is 10.3. The highest BCUT2D eigenvalue weighted by Crippen LogP contribution is 1.87. The predicted octanol–water partition coefficient (Wildman–Crippen LogP) is 0.176. The van der Waals surface area contributed by atoms with Crippen molar-refractivity contribution in [1.29, 1.82) is 0 Å². The number of carbonyl (C=O) groups excluding carboxylic acids is 1. The molecule has 0 aliphatic rings. The van der Waals surface area contributed by atoms with E-state index < -0.39 is 0 Å². The molecule has 4 nitrogen and oxygen atoms in total. The molecule has 0 saturated heterocycles. The molecule has 0 unspecified atom stereocenters. The molecular weight excluding hydrogens is 148 g/mol. The smallest absolute Gasteiger partial charge is 0.305 e. The second-order valence-electron chi connectivity index (χ2n) is 1.40. The highest BCUT2D eigenvalue weighted by molar-refractivity contribution is 5.68. The van der Waals surface area contributed by atoms with Crippen molar-refractivity contribution in [3.63, 3.8) is 0 Å². The zero-order chi connectivity index (χ0) is 8.41. The highest BCUT2D eigenvalue weighted by Gasteiger charge is 1.95. The lowest BCUT2D eigenvalue weighted by Crippen LogP contribution is -2.00. The van der Waals surface area contributed by atoms with Gasteiger partial charge in [0.25, 0.3) is 0 Å². The fourth-order valence-corrected chi connectivity index (χ4v) is 0.325. The van der Waals surface area contributed by atoms with E-state index >= 15 is 0 Å². The molecule has 0 saturated carbocycles. The monoisotopic (exact) mass is 166 g/mol. The van der Waals surface area contributed by atoms with Crippen LogP contribution in [-0.4, -0.2) is 37.0 Å². The molecule has 0 aromatic heterocycles. The Morgan fingerprint density at radius 3 is 2.18 bits per heavy atom. The molecule has 0 rings (SSSR count). The summed E-state index contributed by atoms with van der Waals surface area (Å²) in [6, 6.07) is 0. The van der Waals surface area contributed by atoms with E-state index in [4.69, 9.17) is 10.2 Å². The van der Waals surface area contributed by atoms with Crippen molar-refractivity contribution in [3.05, 3.63) is 0 Å². The van der Waals surface area contributed by atoms with E-state index in [0.717, 1.165) is 7.11 Å². The number of methoxy groups -OCH3 is 1. The van der Waals surface area contributed by atoms with E-state index in [1.807, 2.05) is 0 Å². The molecule has 0 aliphatic carbocycles. The summed E-state index contributed by atoms with van der Waals surface area (Å²) in [5.74, 6) is -0.265. The van der Waals surface area contributed by atoms with E-state index in [0.29, 0.717) is 12.8 Å². The van der Waals surface area contributed by atoms with E-state index in [2.05, 4.69) is 4.74 Å². The van der Waals surface area contributed by atoms with Gasteiger partial charge in [0, 0.05) is 20.1 Å². The topological polar surface area (TPSA) is 66.8 Å². The van der Waals surface area contributed by atoms with Crippen LogP contribution in [0.4, 0.5) is 0 Å². The Balaban J connectivity index is -0.000000196. The fraction of sp³-hybridized carbons (Fsp3) is 0.857. The Morgan fingerprint density at radius 1 is 1.45 bits per heavy atom. The number of hydrogen-bond acceptors (Lipinski definition) is 4. The standard InChI is InChI=1S/C5H10O3.CH4O.CH4/c1-8-5(7)3-2-4-6;1-2;/h6H,2-4H2,1H3;2H,1H3;1H4. The molecule has 0 aliphatic heterocycles. The molecule has 0 fully saturated rings. The summed E-state index contributed by atoms with van der Waals surface area (Å²) in [5.41, 5.74) is 0. The minimum atomic E-state index is -0.265. The van der Waals surface area contributed by atoms with Crippen LogP contribution >= 0.6 is 0 Å². The third-order valence-corrected chi connectivity index (χ3v) is 0.767. The van der Waals surface area contributed by atoms with Gasteiger partial charge in [-0.1, -0.05) is 7.43 Å². The zero-order valence-electron chi connectivity index (χ0n) is 6.33. The summed E-state index contributed by atoms with van der Waals surface area (Å²) in [7, 11) is 2.33. The molecule has 4 heteroatoms. The Bertz CT molecular complexity index is 72.8. The van der Waals surface area contributed by atoms with Crippen LogP contribution in [0.15, 0.2) is 0 Å². The first-order chi connectivity index (χ1) is 4.81. The Hall–Kier alpha value is -0.610. The van der Waals surface area contributed by atoms with Crippen molar-refractivity contribution in [2.24, 2.45) is 0 Å². The van der Waals surface area contributed by atoms with Crippen molar-refractivity contribution >= 4 is 5.97 Å². The average Bonchev–Trinajstić information content (AvgIpc) is 2.04. The van der Waals surface area contributed by atoms with Crippen LogP contribution in [0.25, 0.3) is 0 Å². The summed E-state index contributed by atoms with van der Waals surface area (Å²) in [5, 5.41) is 15.2. The molecule has 0 radical (unpaired) electrons. The quantitative estimate of drug-likeness (QED) is 0.587. The van der Waals surface area contributed by atoms with E-state index in [9.17, 15) is 4.79 Å². The van der Waals surface area contributed by atoms with Crippen LogP contribution in [0, 0.1) is 0 Å². The number of hydrogen-bond donors (Lipinski definition) is 2. The molecular formula is C7H18O4. The number of carbonyl (C=O) groups is 1. The first-order valence-electron chi connectivity index (χ1n) is 2.93. The van der Waals surface area contributed by atoms with Gasteiger partial charge in [-0.25, -0.2) is 0 Å². The molecule has 11 heavy (non-hydrogen) atoms. The molecule has 70 valence electrons. The van der Waals surface area contributed by atoms with Gasteiger partial charge in [0.05, 0.1) is 7.11 Å². The van der Waals surface area contributed by atoms with Crippen LogP contribution < -0.4 is 0 Å². The van der Waals surface area contributed by atoms with Crippen molar-refractivity contribution in [2.45, 2.75) is 20.3 Å². The van der Waals surface area contributed by atoms with Gasteiger partial charge >= 0.3 is 5.97 Å². The maximum Gasteiger partial charge on any atom is 0.305 e. The lowest BCUT2D eigenvalue weighted by molar-refractivity contribution is -0.140. The van der Waals surface area contributed by atoms with Crippen molar-refractivity contribution < 1.29 is 19.7 Å². The largest absolute Gasteiger partial charge is 0.469 e. The summed E-state index contributed by atoms with van der Waals surface area (Å²) >= 11 is 0. The zero-order valence-corrected chi connectivity index (χ0v) is 6.33. The summed E-state index contributed by atoms with van der Waals surface area (Å²) in [6.45, 7) is 0.0507. The van der Waals surface area contributed by atoms with Gasteiger partial charge in [0.1, 0.15) is 0 Å². The van der Waals surface area contributed by atoms with Crippen LogP contribution in [0.2, 0.25) is 0 Å². The SMILES string of the molecule is C.CO.COC(=O)CCCO. The van der Waals surface area contributed by atoms with Gasteiger partial charge in [0.2, 0.25) is 0 Å². The number of aliphatic hydroxyl groups excluding tert-OH is 2. The van der Waals surface area contributed by atoms with Crippen LogP contribution in [0.3, 0.4) is 0 Å². The molecule has 0 bridgehead atoms. The number of esters is 1. The normalized spacial score (nSPS) is 6.91. The number of ether oxygens (including phenoxy) is 1. The Labute approximate surface area is 67.8 Å². The Morgan fingerprint density at radius 2 is 1.91 bits per heavy atom. The first kappa shape index (κ1) is 16.8. The second-order valence-corrected chi connectivity index (χ2v) is 1.40. The van der Waals surface area contributed by atoms with Crippen LogP contribution in [-0.2, 0) is 9.53 Å². The third kappa shape index (κ3) is 17.7.